The maximum absolute atomic E-state index is 11.8. The standard InChI is InChI=1S/C15H26O6S/c1-5-14(2)6-7-15(3)22(16,17)21-13-12-20-11-10-19-9-8-18-4/h5-7H,3,8-13H2,1-2,4H3. The zero-order valence-electron chi connectivity index (χ0n) is 13.5. The van der Waals surface area contributed by atoms with Gasteiger partial charge in [0.2, 0.25) is 0 Å². The van der Waals surface area contributed by atoms with Gasteiger partial charge >= 0.3 is 0 Å². The van der Waals surface area contributed by atoms with Gasteiger partial charge in [0.1, 0.15) is 0 Å². The van der Waals surface area contributed by atoms with Crippen LogP contribution < -0.4 is 0 Å². The van der Waals surface area contributed by atoms with Gasteiger partial charge in [0.05, 0.1) is 44.5 Å². The molecule has 0 saturated heterocycles. The molecule has 0 amide bonds. The van der Waals surface area contributed by atoms with E-state index in [9.17, 15) is 8.42 Å². The van der Waals surface area contributed by atoms with Gasteiger partial charge < -0.3 is 14.2 Å². The van der Waals surface area contributed by atoms with Gasteiger partial charge in [0.25, 0.3) is 10.1 Å². The Morgan fingerprint density at radius 2 is 1.55 bits per heavy atom. The van der Waals surface area contributed by atoms with Crippen molar-refractivity contribution < 1.29 is 26.8 Å². The highest BCUT2D eigenvalue weighted by Crippen LogP contribution is 2.09. The second-order valence-corrected chi connectivity index (χ2v) is 5.99. The van der Waals surface area contributed by atoms with Crippen molar-refractivity contribution in [2.24, 2.45) is 0 Å². The summed E-state index contributed by atoms with van der Waals surface area (Å²) in [5.74, 6) is 0. The summed E-state index contributed by atoms with van der Waals surface area (Å²) in [5.41, 5.74) is 0.938. The third-order valence-corrected chi connectivity index (χ3v) is 3.83. The molecule has 7 heteroatoms. The van der Waals surface area contributed by atoms with Gasteiger partial charge in [-0.05, 0) is 19.9 Å². The Bertz CT molecular complexity index is 464. The normalized spacial score (nSPS) is 13.0. The molecular weight excluding hydrogens is 308 g/mol. The molecule has 0 aromatic carbocycles. The van der Waals surface area contributed by atoms with E-state index in [0.717, 1.165) is 5.57 Å². The van der Waals surface area contributed by atoms with Gasteiger partial charge in [-0.1, -0.05) is 24.3 Å². The zero-order valence-corrected chi connectivity index (χ0v) is 14.4. The molecule has 0 unspecified atom stereocenters. The summed E-state index contributed by atoms with van der Waals surface area (Å²) in [6.45, 7) is 9.15. The first-order chi connectivity index (χ1) is 10.4. The number of rotatable bonds is 13. The molecule has 0 heterocycles. The van der Waals surface area contributed by atoms with Crippen LogP contribution in [0.3, 0.4) is 0 Å². The van der Waals surface area contributed by atoms with Gasteiger partial charge in [0, 0.05) is 7.11 Å². The second kappa shape index (κ2) is 12.5. The quantitative estimate of drug-likeness (QED) is 0.292. The van der Waals surface area contributed by atoms with Crippen molar-refractivity contribution in [2.45, 2.75) is 13.8 Å². The van der Waals surface area contributed by atoms with Crippen LogP contribution in [0.1, 0.15) is 13.8 Å². The Hall–Kier alpha value is -0.990. The lowest BCUT2D eigenvalue weighted by atomic mass is 10.3. The van der Waals surface area contributed by atoms with Crippen LogP contribution in [0.25, 0.3) is 0 Å². The molecule has 0 N–H and O–H groups in total. The molecule has 0 radical (unpaired) electrons. The summed E-state index contributed by atoms with van der Waals surface area (Å²) in [6, 6.07) is 0. The molecule has 0 aliphatic carbocycles. The van der Waals surface area contributed by atoms with Crippen molar-refractivity contribution in [1.82, 2.24) is 0 Å². The van der Waals surface area contributed by atoms with E-state index >= 15 is 0 Å². The molecule has 128 valence electrons. The highest BCUT2D eigenvalue weighted by Gasteiger charge is 2.13. The fourth-order valence-corrected chi connectivity index (χ4v) is 1.82. The minimum Gasteiger partial charge on any atom is -0.382 e. The van der Waals surface area contributed by atoms with E-state index < -0.39 is 10.1 Å². The molecule has 0 aliphatic rings. The maximum Gasteiger partial charge on any atom is 0.296 e. The predicted octanol–water partition coefficient (Wildman–Crippen LogP) is 2.05. The summed E-state index contributed by atoms with van der Waals surface area (Å²) >= 11 is 0. The van der Waals surface area contributed by atoms with Crippen LogP contribution in [-0.4, -0.2) is 55.2 Å². The van der Waals surface area contributed by atoms with Crippen molar-refractivity contribution in [3.63, 3.8) is 0 Å². The predicted molar refractivity (Wildman–Crippen MR) is 86.1 cm³/mol. The van der Waals surface area contributed by atoms with Gasteiger partial charge in [-0.25, -0.2) is 0 Å². The van der Waals surface area contributed by atoms with Gasteiger partial charge in [-0.3, -0.25) is 4.18 Å². The van der Waals surface area contributed by atoms with Crippen LogP contribution in [0.4, 0.5) is 0 Å². The van der Waals surface area contributed by atoms with Crippen molar-refractivity contribution in [3.05, 3.63) is 35.3 Å². The fourth-order valence-electron chi connectivity index (χ4n) is 1.15. The summed E-state index contributed by atoms with van der Waals surface area (Å²) in [4.78, 5) is -0.0865. The molecule has 0 atom stereocenters. The number of methoxy groups -OCH3 is 1. The summed E-state index contributed by atoms with van der Waals surface area (Å²) < 4.78 is 43.5. The molecule has 0 fully saturated rings. The first kappa shape index (κ1) is 21.0. The Labute approximate surface area is 133 Å². The Kier molecular flexibility index (Phi) is 12.0. The minimum absolute atomic E-state index is 0.0597. The van der Waals surface area contributed by atoms with Crippen molar-refractivity contribution in [2.75, 3.05) is 46.8 Å². The summed E-state index contributed by atoms with van der Waals surface area (Å²) in [7, 11) is -2.21. The summed E-state index contributed by atoms with van der Waals surface area (Å²) in [6.07, 6.45) is 4.94. The Morgan fingerprint density at radius 1 is 1.00 bits per heavy atom. The van der Waals surface area contributed by atoms with Crippen LogP contribution in [0.2, 0.25) is 0 Å². The molecule has 0 aromatic heterocycles. The first-order valence-electron chi connectivity index (χ1n) is 6.97. The van der Waals surface area contributed by atoms with E-state index in [-0.39, 0.29) is 18.1 Å². The lowest BCUT2D eigenvalue weighted by Crippen LogP contribution is -2.14. The fraction of sp³-hybridized carbons (Fsp3) is 0.600. The number of allylic oxidation sites excluding steroid dienone is 4. The molecule has 0 bridgehead atoms. The highest BCUT2D eigenvalue weighted by atomic mass is 32.2. The second-order valence-electron chi connectivity index (χ2n) is 4.33. The lowest BCUT2D eigenvalue weighted by Gasteiger charge is -2.07. The van der Waals surface area contributed by atoms with E-state index in [1.54, 1.807) is 13.2 Å². The van der Waals surface area contributed by atoms with Crippen LogP contribution in [0.15, 0.2) is 35.3 Å². The molecule has 0 aliphatic heterocycles. The van der Waals surface area contributed by atoms with Crippen molar-refractivity contribution in [1.29, 1.82) is 0 Å². The topological polar surface area (TPSA) is 71.1 Å². The Balaban J connectivity index is 3.85. The molecule has 0 aromatic rings. The van der Waals surface area contributed by atoms with Crippen molar-refractivity contribution in [3.8, 4) is 0 Å². The molecular formula is C15H26O6S. The average molecular weight is 334 g/mol. The SMILES string of the molecule is C=C(C=CC(C)=CC)S(=O)(=O)OCCOCCOCCOC. The average Bonchev–Trinajstić information content (AvgIpc) is 2.50. The number of hydrogen-bond acceptors (Lipinski definition) is 6. The molecule has 22 heavy (non-hydrogen) atoms. The molecule has 6 nitrogen and oxygen atoms in total. The van der Waals surface area contributed by atoms with E-state index in [1.807, 2.05) is 19.9 Å². The van der Waals surface area contributed by atoms with Crippen LogP contribution in [0.5, 0.6) is 0 Å². The van der Waals surface area contributed by atoms with E-state index in [1.165, 1.54) is 6.08 Å². The minimum atomic E-state index is -3.81. The monoisotopic (exact) mass is 334 g/mol. The number of ether oxygens (including phenoxy) is 3. The van der Waals surface area contributed by atoms with Crippen molar-refractivity contribution >= 4 is 10.1 Å². The first-order valence-corrected chi connectivity index (χ1v) is 8.38. The highest BCUT2D eigenvalue weighted by molar-refractivity contribution is 7.90. The zero-order chi connectivity index (χ0) is 16.8. The molecule has 0 saturated carbocycles. The van der Waals surface area contributed by atoms with Gasteiger partial charge in [0.15, 0.2) is 0 Å². The molecule has 0 spiro atoms. The van der Waals surface area contributed by atoms with Crippen LogP contribution in [0, 0.1) is 0 Å². The maximum atomic E-state index is 11.8. The van der Waals surface area contributed by atoms with Crippen LogP contribution >= 0.6 is 0 Å². The molecule has 0 rings (SSSR count). The largest absolute Gasteiger partial charge is 0.382 e. The summed E-state index contributed by atoms with van der Waals surface area (Å²) in [5, 5.41) is 0. The van der Waals surface area contributed by atoms with Crippen LogP contribution in [-0.2, 0) is 28.5 Å². The smallest absolute Gasteiger partial charge is 0.296 e. The Morgan fingerprint density at radius 3 is 2.09 bits per heavy atom. The third-order valence-electron chi connectivity index (χ3n) is 2.58. The van der Waals surface area contributed by atoms with Gasteiger partial charge in [-0.15, -0.1) is 0 Å². The number of hydrogen-bond donors (Lipinski definition) is 0. The van der Waals surface area contributed by atoms with E-state index in [0.29, 0.717) is 26.4 Å². The van der Waals surface area contributed by atoms with E-state index in [2.05, 4.69) is 6.58 Å². The lowest BCUT2D eigenvalue weighted by molar-refractivity contribution is 0.0185. The third kappa shape index (κ3) is 10.7. The van der Waals surface area contributed by atoms with E-state index in [4.69, 9.17) is 18.4 Å². The van der Waals surface area contributed by atoms with Gasteiger partial charge in [-0.2, -0.15) is 8.42 Å².